The van der Waals surface area contributed by atoms with E-state index in [1.165, 1.54) is 12.1 Å². The van der Waals surface area contributed by atoms with Crippen molar-refractivity contribution in [3.63, 3.8) is 0 Å². The molecule has 150 valence electrons. The van der Waals surface area contributed by atoms with E-state index in [0.29, 0.717) is 19.5 Å². The van der Waals surface area contributed by atoms with Gasteiger partial charge < -0.3 is 10.2 Å². The van der Waals surface area contributed by atoms with Gasteiger partial charge in [0.2, 0.25) is 5.91 Å². The minimum Gasteiger partial charge on any atom is -0.356 e. The normalized spacial score (nSPS) is 25.6. The maximum Gasteiger partial charge on any atom is 0.433 e. The molecule has 3 rings (SSSR count). The summed E-state index contributed by atoms with van der Waals surface area (Å²) in [4.78, 5) is 17.2. The van der Waals surface area contributed by atoms with Gasteiger partial charge in [-0.25, -0.2) is 4.98 Å². The number of hydrogen-bond donors (Lipinski definition) is 1. The molecule has 1 aliphatic heterocycles. The second-order valence-corrected chi connectivity index (χ2v) is 7.07. The molecule has 2 aliphatic rings. The molecule has 0 spiro atoms. The van der Waals surface area contributed by atoms with Crippen LogP contribution in [0.1, 0.15) is 31.4 Å². The molecule has 0 bridgehead atoms. The number of hydrogen-bond acceptors (Lipinski definition) is 3. The number of anilines is 1. The molecule has 27 heavy (non-hydrogen) atoms. The van der Waals surface area contributed by atoms with Crippen LogP contribution in [0, 0.1) is 11.8 Å². The zero-order chi connectivity index (χ0) is 19.8. The number of nitrogens with zero attached hydrogens (tertiary/aromatic N) is 2. The molecule has 0 aromatic carbocycles. The van der Waals surface area contributed by atoms with E-state index in [4.69, 9.17) is 0 Å². The topological polar surface area (TPSA) is 45.2 Å². The van der Waals surface area contributed by atoms with Crippen LogP contribution in [-0.4, -0.2) is 36.2 Å². The minimum atomic E-state index is -4.53. The molecule has 1 aromatic rings. The highest BCUT2D eigenvalue weighted by Crippen LogP contribution is 2.40. The molecule has 3 atom stereocenters. The number of halogens is 6. The predicted molar refractivity (Wildman–Crippen MR) is 84.9 cm³/mol. The molecule has 0 unspecified atom stereocenters. The van der Waals surface area contributed by atoms with Crippen LogP contribution in [0.2, 0.25) is 0 Å². The summed E-state index contributed by atoms with van der Waals surface area (Å²) in [5, 5.41) is 2.66. The maximum atomic E-state index is 12.8. The summed E-state index contributed by atoms with van der Waals surface area (Å²) in [7, 11) is 0. The van der Waals surface area contributed by atoms with E-state index in [-0.39, 0.29) is 23.7 Å². The highest BCUT2D eigenvalue weighted by molar-refractivity contribution is 5.76. The second kappa shape index (κ2) is 7.20. The first-order chi connectivity index (χ1) is 12.5. The van der Waals surface area contributed by atoms with Crippen LogP contribution in [0.5, 0.6) is 0 Å². The Labute approximate surface area is 151 Å². The third-order valence-electron chi connectivity index (χ3n) is 5.19. The lowest BCUT2D eigenvalue weighted by Crippen LogP contribution is -2.40. The van der Waals surface area contributed by atoms with Crippen LogP contribution in [0.3, 0.4) is 0 Å². The van der Waals surface area contributed by atoms with Crippen molar-refractivity contribution in [2.45, 2.75) is 44.1 Å². The van der Waals surface area contributed by atoms with Gasteiger partial charge in [-0.15, -0.1) is 0 Å². The Balaban J connectivity index is 1.61. The van der Waals surface area contributed by atoms with E-state index in [9.17, 15) is 31.1 Å². The average Bonchev–Trinajstić information content (AvgIpc) is 3.14. The number of carbonyl (C=O) groups excluding carboxylic acids is 1. The van der Waals surface area contributed by atoms with Crippen molar-refractivity contribution in [1.29, 1.82) is 0 Å². The van der Waals surface area contributed by atoms with Crippen LogP contribution in [0.15, 0.2) is 18.2 Å². The molecule has 1 N–H and O–H groups in total. The van der Waals surface area contributed by atoms with Gasteiger partial charge in [-0.1, -0.05) is 6.07 Å². The number of nitrogens with one attached hydrogen (secondary N) is 1. The number of aromatic nitrogens is 1. The standard InChI is InChI=1S/C17H19F6N3O/c18-16(19,20)7-6-15(27)24-12-5-4-10-8-26(9-11(10)12)14-3-1-2-13(25-14)17(21,22)23/h1-3,10-12H,4-9H2,(H,24,27)/t10-,11+,12+/m1/s1. The minimum absolute atomic E-state index is 0.00354. The summed E-state index contributed by atoms with van der Waals surface area (Å²) >= 11 is 0. The highest BCUT2D eigenvalue weighted by atomic mass is 19.4. The van der Waals surface area contributed by atoms with Crippen LogP contribution >= 0.6 is 0 Å². The third kappa shape index (κ3) is 4.84. The largest absolute Gasteiger partial charge is 0.433 e. The van der Waals surface area contributed by atoms with Gasteiger partial charge in [0.1, 0.15) is 11.5 Å². The quantitative estimate of drug-likeness (QED) is 0.790. The Morgan fingerprint density at radius 2 is 1.89 bits per heavy atom. The van der Waals surface area contributed by atoms with Crippen LogP contribution in [-0.2, 0) is 11.0 Å². The lowest BCUT2D eigenvalue weighted by atomic mass is 9.97. The first-order valence-corrected chi connectivity index (χ1v) is 8.68. The van der Waals surface area contributed by atoms with Crippen molar-refractivity contribution in [3.05, 3.63) is 23.9 Å². The first-order valence-electron chi connectivity index (χ1n) is 8.68. The number of carbonyl (C=O) groups is 1. The fraction of sp³-hybridized carbons (Fsp3) is 0.647. The van der Waals surface area contributed by atoms with E-state index in [1.807, 2.05) is 0 Å². The van der Waals surface area contributed by atoms with Crippen LogP contribution in [0.4, 0.5) is 32.2 Å². The molecule has 1 amide bonds. The monoisotopic (exact) mass is 395 g/mol. The van der Waals surface area contributed by atoms with E-state index < -0.39 is 36.8 Å². The van der Waals surface area contributed by atoms with Crippen molar-refractivity contribution in [2.24, 2.45) is 11.8 Å². The van der Waals surface area contributed by atoms with Gasteiger partial charge in [0.25, 0.3) is 0 Å². The van der Waals surface area contributed by atoms with E-state index in [2.05, 4.69) is 10.3 Å². The molecule has 1 aliphatic carbocycles. The number of pyridine rings is 1. The molecule has 1 aromatic heterocycles. The van der Waals surface area contributed by atoms with Crippen LogP contribution in [0.25, 0.3) is 0 Å². The molecule has 0 radical (unpaired) electrons. The molecule has 4 nitrogen and oxygen atoms in total. The summed E-state index contributed by atoms with van der Waals surface area (Å²) in [6.07, 6.45) is -9.26. The summed E-state index contributed by atoms with van der Waals surface area (Å²) in [6, 6.07) is 3.46. The molecule has 2 heterocycles. The molecule has 2 fully saturated rings. The maximum absolute atomic E-state index is 12.8. The summed E-state index contributed by atoms with van der Waals surface area (Å²) in [5.74, 6) is -0.250. The van der Waals surface area contributed by atoms with Gasteiger partial charge in [0.15, 0.2) is 0 Å². The molecule has 1 saturated carbocycles. The van der Waals surface area contributed by atoms with Gasteiger partial charge >= 0.3 is 12.4 Å². The molecular formula is C17H19F6N3O. The van der Waals surface area contributed by atoms with Gasteiger partial charge in [-0.3, -0.25) is 4.79 Å². The average molecular weight is 395 g/mol. The zero-order valence-electron chi connectivity index (χ0n) is 14.3. The van der Waals surface area contributed by atoms with Gasteiger partial charge in [0.05, 0.1) is 6.42 Å². The Bertz CT molecular complexity index is 690. The van der Waals surface area contributed by atoms with Crippen molar-refractivity contribution in [2.75, 3.05) is 18.0 Å². The highest BCUT2D eigenvalue weighted by Gasteiger charge is 2.44. The van der Waals surface area contributed by atoms with Crippen molar-refractivity contribution >= 4 is 11.7 Å². The second-order valence-electron chi connectivity index (χ2n) is 7.07. The van der Waals surface area contributed by atoms with Crippen LogP contribution < -0.4 is 10.2 Å². The number of rotatable bonds is 4. The van der Waals surface area contributed by atoms with Gasteiger partial charge in [0, 0.05) is 31.5 Å². The fourth-order valence-electron chi connectivity index (χ4n) is 3.92. The summed E-state index contributed by atoms with van der Waals surface area (Å²) < 4.78 is 75.2. The number of alkyl halides is 6. The SMILES string of the molecule is O=C(CCC(F)(F)F)N[C@H]1CC[C@@H]2CN(c3cccc(C(F)(F)F)n3)C[C@@H]21. The Hall–Kier alpha value is -2.00. The number of fused-ring (bicyclic) bond motifs is 1. The summed E-state index contributed by atoms with van der Waals surface area (Å²) in [6.45, 7) is 0.942. The van der Waals surface area contributed by atoms with E-state index in [1.54, 1.807) is 4.90 Å². The Morgan fingerprint density at radius 1 is 1.15 bits per heavy atom. The molecular weight excluding hydrogens is 376 g/mol. The predicted octanol–water partition coefficient (Wildman–Crippen LogP) is 3.77. The van der Waals surface area contributed by atoms with Crippen molar-refractivity contribution < 1.29 is 31.1 Å². The lowest BCUT2D eigenvalue weighted by molar-refractivity contribution is -0.144. The smallest absolute Gasteiger partial charge is 0.356 e. The van der Waals surface area contributed by atoms with E-state index in [0.717, 1.165) is 12.5 Å². The summed E-state index contributed by atoms with van der Waals surface area (Å²) in [5.41, 5.74) is -0.964. The van der Waals surface area contributed by atoms with Gasteiger partial charge in [-0.2, -0.15) is 26.3 Å². The fourth-order valence-corrected chi connectivity index (χ4v) is 3.92. The zero-order valence-corrected chi connectivity index (χ0v) is 14.3. The van der Waals surface area contributed by atoms with Crippen molar-refractivity contribution in [3.8, 4) is 0 Å². The van der Waals surface area contributed by atoms with E-state index >= 15 is 0 Å². The Kier molecular flexibility index (Phi) is 5.27. The third-order valence-corrected chi connectivity index (χ3v) is 5.19. The molecule has 1 saturated heterocycles. The Morgan fingerprint density at radius 3 is 2.56 bits per heavy atom. The first kappa shape index (κ1) is 19.8. The molecule has 10 heteroatoms. The lowest BCUT2D eigenvalue weighted by Gasteiger charge is -2.23. The number of amides is 1. The van der Waals surface area contributed by atoms with Crippen molar-refractivity contribution in [1.82, 2.24) is 10.3 Å². The van der Waals surface area contributed by atoms with Gasteiger partial charge in [-0.05, 0) is 30.9 Å².